The second kappa shape index (κ2) is 7.49. The Morgan fingerprint density at radius 2 is 2.10 bits per heavy atom. The molecule has 1 aromatic heterocycles. The minimum absolute atomic E-state index is 0.180. The fraction of sp³-hybridized carbons (Fsp3) is 0.429. The van der Waals surface area contributed by atoms with Crippen molar-refractivity contribution in [3.8, 4) is 0 Å². The molecule has 0 spiro atoms. The van der Waals surface area contributed by atoms with Gasteiger partial charge in [-0.15, -0.1) is 5.10 Å². The highest BCUT2D eigenvalue weighted by Gasteiger charge is 2.10. The first-order chi connectivity index (χ1) is 10.1. The van der Waals surface area contributed by atoms with E-state index in [9.17, 15) is 4.79 Å². The van der Waals surface area contributed by atoms with Crippen molar-refractivity contribution >= 4 is 5.97 Å². The first-order valence-electron chi connectivity index (χ1n) is 6.84. The fourth-order valence-corrected chi connectivity index (χ4v) is 2.04. The second-order valence-corrected chi connectivity index (χ2v) is 4.97. The summed E-state index contributed by atoms with van der Waals surface area (Å²) < 4.78 is 1.77. The third kappa shape index (κ3) is 4.96. The Kier molecular flexibility index (Phi) is 5.39. The summed E-state index contributed by atoms with van der Waals surface area (Å²) in [6, 6.07) is 10.00. The third-order valence-electron chi connectivity index (χ3n) is 3.12. The zero-order valence-corrected chi connectivity index (χ0v) is 12.0. The van der Waals surface area contributed by atoms with Crippen molar-refractivity contribution in [3.63, 3.8) is 0 Å². The van der Waals surface area contributed by atoms with Crippen molar-refractivity contribution < 1.29 is 9.90 Å². The average molecular weight is 289 g/mol. The van der Waals surface area contributed by atoms with Crippen LogP contribution in [0.15, 0.2) is 30.3 Å². The van der Waals surface area contributed by atoms with Gasteiger partial charge >= 0.3 is 5.97 Å². The van der Waals surface area contributed by atoms with Crippen molar-refractivity contribution in [3.05, 3.63) is 41.7 Å². The molecular weight excluding hydrogens is 270 g/mol. The largest absolute Gasteiger partial charge is 0.481 e. The Labute approximate surface area is 123 Å². The summed E-state index contributed by atoms with van der Waals surface area (Å²) in [6.45, 7) is 1.93. The van der Waals surface area contributed by atoms with Gasteiger partial charge in [-0.05, 0) is 36.0 Å². The first-order valence-corrected chi connectivity index (χ1v) is 6.84. The summed E-state index contributed by atoms with van der Waals surface area (Å²) in [7, 11) is 1.93. The van der Waals surface area contributed by atoms with Crippen molar-refractivity contribution in [2.75, 3.05) is 13.6 Å². The average Bonchev–Trinajstić information content (AvgIpc) is 2.86. The SMILES string of the molecule is CN(CCCC(=O)O)Cc1nnnn1Cc1ccccc1. The molecule has 112 valence electrons. The van der Waals surface area contributed by atoms with E-state index in [1.165, 1.54) is 0 Å². The quantitative estimate of drug-likeness (QED) is 0.781. The molecule has 0 radical (unpaired) electrons. The molecule has 1 aromatic carbocycles. The Bertz CT molecular complexity index is 570. The van der Waals surface area contributed by atoms with Crippen LogP contribution < -0.4 is 0 Å². The molecule has 0 unspecified atom stereocenters. The molecule has 2 rings (SSSR count). The number of tetrazole rings is 1. The third-order valence-corrected chi connectivity index (χ3v) is 3.12. The number of hydrogen-bond acceptors (Lipinski definition) is 5. The van der Waals surface area contributed by atoms with Gasteiger partial charge in [-0.1, -0.05) is 30.3 Å². The van der Waals surface area contributed by atoms with Crippen LogP contribution in [0.1, 0.15) is 24.2 Å². The molecule has 0 atom stereocenters. The maximum Gasteiger partial charge on any atom is 0.303 e. The normalized spacial score (nSPS) is 11.0. The number of hydrogen-bond donors (Lipinski definition) is 1. The van der Waals surface area contributed by atoms with Gasteiger partial charge in [0.2, 0.25) is 0 Å². The molecule has 0 aliphatic carbocycles. The van der Waals surface area contributed by atoms with Crippen LogP contribution in [0.4, 0.5) is 0 Å². The lowest BCUT2D eigenvalue weighted by atomic mass is 10.2. The Morgan fingerprint density at radius 3 is 2.81 bits per heavy atom. The van der Waals surface area contributed by atoms with Gasteiger partial charge in [0.05, 0.1) is 13.1 Å². The standard InChI is InChI=1S/C14H19N5O2/c1-18(9-5-8-14(20)21)11-13-15-16-17-19(13)10-12-6-3-2-4-7-12/h2-4,6-7H,5,8-11H2,1H3,(H,20,21). The van der Waals surface area contributed by atoms with E-state index in [1.807, 2.05) is 42.3 Å². The van der Waals surface area contributed by atoms with Crippen molar-refractivity contribution in [1.29, 1.82) is 0 Å². The van der Waals surface area contributed by atoms with Gasteiger partial charge in [0, 0.05) is 6.42 Å². The summed E-state index contributed by atoms with van der Waals surface area (Å²) in [5.41, 5.74) is 1.14. The fourth-order valence-electron chi connectivity index (χ4n) is 2.04. The number of nitrogens with zero attached hydrogens (tertiary/aromatic N) is 5. The van der Waals surface area contributed by atoms with Crippen LogP contribution in [0.5, 0.6) is 0 Å². The lowest BCUT2D eigenvalue weighted by Crippen LogP contribution is -2.22. The topological polar surface area (TPSA) is 84.1 Å². The maximum atomic E-state index is 10.5. The van der Waals surface area contributed by atoms with Crippen molar-refractivity contribution in [1.82, 2.24) is 25.1 Å². The van der Waals surface area contributed by atoms with E-state index in [0.717, 1.165) is 11.4 Å². The van der Waals surface area contributed by atoms with Crippen LogP contribution in [0.2, 0.25) is 0 Å². The summed E-state index contributed by atoms with van der Waals surface area (Å²) in [4.78, 5) is 12.5. The minimum atomic E-state index is -0.766. The number of aromatic nitrogens is 4. The highest BCUT2D eigenvalue weighted by molar-refractivity contribution is 5.66. The summed E-state index contributed by atoms with van der Waals surface area (Å²) >= 11 is 0. The highest BCUT2D eigenvalue weighted by Crippen LogP contribution is 2.05. The Balaban J connectivity index is 1.89. The number of carbonyl (C=O) groups is 1. The molecule has 21 heavy (non-hydrogen) atoms. The van der Waals surface area contributed by atoms with Crippen LogP contribution in [-0.2, 0) is 17.9 Å². The highest BCUT2D eigenvalue weighted by atomic mass is 16.4. The van der Waals surface area contributed by atoms with Crippen LogP contribution >= 0.6 is 0 Å². The summed E-state index contributed by atoms with van der Waals surface area (Å²) in [5.74, 6) is 0.00832. The smallest absolute Gasteiger partial charge is 0.303 e. The van der Waals surface area contributed by atoms with E-state index in [1.54, 1.807) is 4.68 Å². The van der Waals surface area contributed by atoms with Crippen LogP contribution in [0.3, 0.4) is 0 Å². The Hall–Kier alpha value is -2.28. The van der Waals surface area contributed by atoms with Gasteiger partial charge in [0.1, 0.15) is 0 Å². The number of rotatable bonds is 8. The number of carboxylic acid groups (broad SMARTS) is 1. The van der Waals surface area contributed by atoms with Crippen molar-refractivity contribution in [2.24, 2.45) is 0 Å². The van der Waals surface area contributed by atoms with Gasteiger partial charge < -0.3 is 5.11 Å². The van der Waals surface area contributed by atoms with Gasteiger partial charge in [0.15, 0.2) is 5.82 Å². The minimum Gasteiger partial charge on any atom is -0.481 e. The van der Waals surface area contributed by atoms with E-state index in [-0.39, 0.29) is 6.42 Å². The number of carboxylic acids is 1. The van der Waals surface area contributed by atoms with E-state index in [0.29, 0.717) is 26.1 Å². The molecule has 0 saturated heterocycles. The predicted octanol–water partition coefficient (Wildman–Crippen LogP) is 1.02. The lowest BCUT2D eigenvalue weighted by molar-refractivity contribution is -0.137. The lowest BCUT2D eigenvalue weighted by Gasteiger charge is -2.15. The van der Waals surface area contributed by atoms with Gasteiger partial charge in [-0.25, -0.2) is 4.68 Å². The monoisotopic (exact) mass is 289 g/mol. The van der Waals surface area contributed by atoms with Crippen molar-refractivity contribution in [2.45, 2.75) is 25.9 Å². The van der Waals surface area contributed by atoms with Crippen LogP contribution in [0.25, 0.3) is 0 Å². The molecule has 0 bridgehead atoms. The molecule has 7 nitrogen and oxygen atoms in total. The molecule has 7 heteroatoms. The maximum absolute atomic E-state index is 10.5. The summed E-state index contributed by atoms with van der Waals surface area (Å²) in [6.07, 6.45) is 0.797. The zero-order chi connectivity index (χ0) is 15.1. The second-order valence-electron chi connectivity index (χ2n) is 4.97. The van der Waals surface area contributed by atoms with E-state index in [2.05, 4.69) is 15.5 Å². The van der Waals surface area contributed by atoms with Gasteiger partial charge in [-0.3, -0.25) is 9.69 Å². The summed E-state index contributed by atoms with van der Waals surface area (Å²) in [5, 5.41) is 20.4. The molecule has 1 heterocycles. The predicted molar refractivity (Wildman–Crippen MR) is 76.6 cm³/mol. The molecule has 0 saturated carbocycles. The van der Waals surface area contributed by atoms with Crippen LogP contribution in [0, 0.1) is 0 Å². The van der Waals surface area contributed by atoms with Crippen LogP contribution in [-0.4, -0.2) is 49.8 Å². The number of aliphatic carboxylic acids is 1. The molecule has 1 N–H and O–H groups in total. The molecule has 0 fully saturated rings. The first kappa shape index (κ1) is 15.1. The molecule has 0 aliphatic rings. The molecule has 2 aromatic rings. The molecule has 0 amide bonds. The van der Waals surface area contributed by atoms with Gasteiger partial charge in [0.25, 0.3) is 0 Å². The molecule has 0 aliphatic heterocycles. The number of benzene rings is 1. The van der Waals surface area contributed by atoms with E-state index >= 15 is 0 Å². The van der Waals surface area contributed by atoms with E-state index < -0.39 is 5.97 Å². The van der Waals surface area contributed by atoms with Gasteiger partial charge in [-0.2, -0.15) is 0 Å². The molecular formula is C14H19N5O2. The van der Waals surface area contributed by atoms with E-state index in [4.69, 9.17) is 5.11 Å². The zero-order valence-electron chi connectivity index (χ0n) is 12.0. The Morgan fingerprint density at radius 1 is 1.33 bits per heavy atom.